The summed E-state index contributed by atoms with van der Waals surface area (Å²) in [6, 6.07) is 18.3. The summed E-state index contributed by atoms with van der Waals surface area (Å²) < 4.78 is 12.7. The zero-order valence-corrected chi connectivity index (χ0v) is 30.1. The molecule has 46 heavy (non-hydrogen) atoms. The molecule has 250 valence electrons. The Balaban J connectivity index is 0.00000235. The Kier molecular flexibility index (Phi) is 14.8. The van der Waals surface area contributed by atoms with Crippen molar-refractivity contribution in [1.82, 2.24) is 0 Å². The molecule has 0 N–H and O–H groups in total. The zero-order valence-electron chi connectivity index (χ0n) is 30.1. The maximum atomic E-state index is 6.37. The first kappa shape index (κ1) is 35.8. The topological polar surface area (TPSA) is 18.5 Å². The quantitative estimate of drug-likeness (QED) is 0.0969. The van der Waals surface area contributed by atoms with Gasteiger partial charge in [-0.2, -0.15) is 0 Å². The van der Waals surface area contributed by atoms with Gasteiger partial charge in [-0.3, -0.25) is 0 Å². The highest BCUT2D eigenvalue weighted by Crippen LogP contribution is 2.50. The van der Waals surface area contributed by atoms with Gasteiger partial charge in [-0.15, -0.1) is 0 Å². The second-order valence-electron chi connectivity index (χ2n) is 13.5. The molecule has 0 saturated carbocycles. The SMILES string of the molecule is CC.CCCCCCCCCOc1cc(CC2C=C3c4cc(C)ccc4-c4ccc(C)c(c43)C2)cc(OCCCCCCCC)c1. The molecule has 3 aromatic carbocycles. The number of allylic oxidation sites excluding steroid dienone is 1. The van der Waals surface area contributed by atoms with Gasteiger partial charge in [0.05, 0.1) is 13.2 Å². The first-order chi connectivity index (χ1) is 22.6. The van der Waals surface area contributed by atoms with Crippen molar-refractivity contribution in [2.24, 2.45) is 5.92 Å². The lowest BCUT2D eigenvalue weighted by molar-refractivity contribution is 0.289. The molecule has 0 spiro atoms. The van der Waals surface area contributed by atoms with Crippen molar-refractivity contribution in [3.63, 3.8) is 0 Å². The van der Waals surface area contributed by atoms with Crippen molar-refractivity contribution in [3.05, 3.63) is 88.0 Å². The fraction of sp³-hybridized carbons (Fsp3) is 0.545. The van der Waals surface area contributed by atoms with E-state index < -0.39 is 0 Å². The summed E-state index contributed by atoms with van der Waals surface area (Å²) in [5.74, 6) is 2.38. The molecule has 0 bridgehead atoms. The van der Waals surface area contributed by atoms with Gasteiger partial charge < -0.3 is 9.47 Å². The van der Waals surface area contributed by atoms with E-state index in [9.17, 15) is 0 Å². The van der Waals surface area contributed by atoms with E-state index in [2.05, 4.69) is 82.3 Å². The van der Waals surface area contributed by atoms with Crippen LogP contribution >= 0.6 is 0 Å². The third kappa shape index (κ3) is 9.76. The molecule has 2 heteroatoms. The van der Waals surface area contributed by atoms with Crippen LogP contribution < -0.4 is 9.47 Å². The van der Waals surface area contributed by atoms with Crippen LogP contribution in [0, 0.1) is 19.8 Å². The van der Waals surface area contributed by atoms with E-state index >= 15 is 0 Å². The first-order valence-electron chi connectivity index (χ1n) is 18.9. The van der Waals surface area contributed by atoms with Crippen molar-refractivity contribution in [2.45, 2.75) is 138 Å². The summed E-state index contributed by atoms with van der Waals surface area (Å²) >= 11 is 0. The van der Waals surface area contributed by atoms with Crippen molar-refractivity contribution in [1.29, 1.82) is 0 Å². The van der Waals surface area contributed by atoms with Crippen molar-refractivity contribution < 1.29 is 9.47 Å². The molecule has 1 atom stereocenters. The van der Waals surface area contributed by atoms with Gasteiger partial charge in [0.2, 0.25) is 0 Å². The normalized spacial score (nSPS) is 14.2. The highest BCUT2D eigenvalue weighted by Gasteiger charge is 2.31. The molecule has 0 amide bonds. The Morgan fingerprint density at radius 1 is 0.609 bits per heavy atom. The van der Waals surface area contributed by atoms with Gasteiger partial charge in [0.15, 0.2) is 0 Å². The predicted molar refractivity (Wildman–Crippen MR) is 199 cm³/mol. The molecular weight excluding hydrogens is 560 g/mol. The second-order valence-corrected chi connectivity index (χ2v) is 13.5. The first-order valence-corrected chi connectivity index (χ1v) is 18.9. The molecule has 0 aromatic heterocycles. The molecule has 0 aliphatic heterocycles. The predicted octanol–water partition coefficient (Wildman–Crippen LogP) is 13.0. The van der Waals surface area contributed by atoms with Crippen LogP contribution in [0.4, 0.5) is 0 Å². The molecule has 5 rings (SSSR count). The Morgan fingerprint density at radius 2 is 1.17 bits per heavy atom. The highest BCUT2D eigenvalue weighted by molar-refractivity contribution is 6.03. The number of benzene rings is 3. The Labute approximate surface area is 282 Å². The fourth-order valence-electron chi connectivity index (χ4n) is 7.20. The van der Waals surface area contributed by atoms with Crippen LogP contribution in [0.2, 0.25) is 0 Å². The lowest BCUT2D eigenvalue weighted by Gasteiger charge is -2.25. The van der Waals surface area contributed by atoms with E-state index in [1.807, 2.05) is 13.8 Å². The summed E-state index contributed by atoms with van der Waals surface area (Å²) in [7, 11) is 0. The van der Waals surface area contributed by atoms with Gasteiger partial charge in [0.25, 0.3) is 0 Å². The Hall–Kier alpha value is -3.00. The van der Waals surface area contributed by atoms with Crippen LogP contribution in [0.15, 0.2) is 54.6 Å². The number of ether oxygens (including phenoxy) is 2. The smallest absolute Gasteiger partial charge is 0.123 e. The molecule has 2 nitrogen and oxygen atoms in total. The number of aryl methyl sites for hydroxylation is 2. The Bertz CT molecular complexity index is 1400. The lowest BCUT2D eigenvalue weighted by Crippen LogP contribution is -2.14. The number of rotatable bonds is 19. The van der Waals surface area contributed by atoms with Crippen molar-refractivity contribution in [3.8, 4) is 22.6 Å². The van der Waals surface area contributed by atoms with Crippen LogP contribution in [0.1, 0.15) is 145 Å². The van der Waals surface area contributed by atoms with Crippen LogP contribution in [0.3, 0.4) is 0 Å². The second kappa shape index (κ2) is 19.0. The summed E-state index contributed by atoms with van der Waals surface area (Å²) in [5, 5.41) is 0. The number of hydrogen-bond donors (Lipinski definition) is 0. The molecule has 3 aromatic rings. The highest BCUT2D eigenvalue weighted by atomic mass is 16.5. The molecule has 2 aliphatic carbocycles. The van der Waals surface area contributed by atoms with Gasteiger partial charge in [0.1, 0.15) is 11.5 Å². The van der Waals surface area contributed by atoms with Crippen LogP contribution in [0.5, 0.6) is 11.5 Å². The summed E-state index contributed by atoms with van der Waals surface area (Å²) in [6.45, 7) is 14.6. The Morgan fingerprint density at radius 3 is 1.78 bits per heavy atom. The van der Waals surface area contributed by atoms with E-state index in [1.165, 1.54) is 121 Å². The van der Waals surface area contributed by atoms with Gasteiger partial charge >= 0.3 is 0 Å². The van der Waals surface area contributed by atoms with E-state index in [4.69, 9.17) is 9.47 Å². The fourth-order valence-corrected chi connectivity index (χ4v) is 7.20. The molecule has 0 saturated heterocycles. The largest absolute Gasteiger partial charge is 0.493 e. The van der Waals surface area contributed by atoms with Gasteiger partial charge in [0, 0.05) is 6.07 Å². The third-order valence-corrected chi connectivity index (χ3v) is 9.66. The average molecular weight is 623 g/mol. The molecular formula is C44H62O2. The summed E-state index contributed by atoms with van der Waals surface area (Å²) in [5.41, 5.74) is 12.7. The summed E-state index contributed by atoms with van der Waals surface area (Å²) in [6.07, 6.45) is 21.4. The van der Waals surface area contributed by atoms with Gasteiger partial charge in [-0.25, -0.2) is 0 Å². The molecule has 0 fully saturated rings. The minimum absolute atomic E-state index is 0.447. The zero-order chi connectivity index (χ0) is 32.7. The van der Waals surface area contributed by atoms with E-state index in [0.717, 1.165) is 50.4 Å². The van der Waals surface area contributed by atoms with E-state index in [-0.39, 0.29) is 0 Å². The number of fused-ring (bicyclic) bond motifs is 3. The van der Waals surface area contributed by atoms with E-state index in [1.54, 1.807) is 0 Å². The number of unbranched alkanes of at least 4 members (excludes halogenated alkanes) is 11. The lowest BCUT2D eigenvalue weighted by atomic mass is 9.79. The van der Waals surface area contributed by atoms with Crippen LogP contribution in [-0.2, 0) is 12.8 Å². The van der Waals surface area contributed by atoms with Crippen molar-refractivity contribution >= 4 is 5.57 Å². The molecule has 0 radical (unpaired) electrons. The van der Waals surface area contributed by atoms with Crippen LogP contribution in [-0.4, -0.2) is 13.2 Å². The molecule has 2 aliphatic rings. The average Bonchev–Trinajstić information content (AvgIpc) is 3.37. The monoisotopic (exact) mass is 622 g/mol. The van der Waals surface area contributed by atoms with Gasteiger partial charge in [-0.05, 0) is 102 Å². The molecule has 1 unspecified atom stereocenters. The summed E-state index contributed by atoms with van der Waals surface area (Å²) in [4.78, 5) is 0. The van der Waals surface area contributed by atoms with Gasteiger partial charge in [-0.1, -0.05) is 140 Å². The van der Waals surface area contributed by atoms with E-state index in [0.29, 0.717) is 5.92 Å². The maximum absolute atomic E-state index is 6.37. The minimum atomic E-state index is 0.447. The number of hydrogen-bond acceptors (Lipinski definition) is 2. The van der Waals surface area contributed by atoms with Crippen molar-refractivity contribution in [2.75, 3.05) is 13.2 Å². The minimum Gasteiger partial charge on any atom is -0.493 e. The maximum Gasteiger partial charge on any atom is 0.123 e. The molecule has 0 heterocycles. The standard InChI is InChI=1S/C42H56O2.C2H6/c1-5-7-9-11-13-15-17-23-44-36-27-33(26-35(30-36)43-22-16-14-12-10-8-6-2)25-34-28-39-32(4)19-21-38-37-20-18-31(3)24-40(37)41(29-34)42(38)39;1-2/h18-21,24,26-27,29-30,34H,5-17,22-23,25,28H2,1-4H3;1-2H3. The third-order valence-electron chi connectivity index (χ3n) is 9.66. The van der Waals surface area contributed by atoms with Crippen LogP contribution in [0.25, 0.3) is 16.7 Å².